The van der Waals surface area contributed by atoms with Gasteiger partial charge >= 0.3 is 5.97 Å². The summed E-state index contributed by atoms with van der Waals surface area (Å²) in [7, 11) is -4.07. The van der Waals surface area contributed by atoms with Gasteiger partial charge in [0.05, 0.1) is 22.1 Å². The lowest BCUT2D eigenvalue weighted by atomic mass is 10.0. The summed E-state index contributed by atoms with van der Waals surface area (Å²) in [4.78, 5) is 22.8. The Kier molecular flexibility index (Phi) is 6.04. The molecule has 1 N–H and O–H groups in total. The first-order chi connectivity index (χ1) is 12.5. The molecule has 0 aliphatic heterocycles. The van der Waals surface area contributed by atoms with Crippen LogP contribution in [0, 0.1) is 23.4 Å². The molecule has 144 valence electrons. The molecule has 9 heteroatoms. The molecule has 0 saturated heterocycles. The van der Waals surface area contributed by atoms with Crippen LogP contribution in [0.1, 0.15) is 22.8 Å². The van der Waals surface area contributed by atoms with Crippen molar-refractivity contribution in [3.63, 3.8) is 0 Å². The summed E-state index contributed by atoms with van der Waals surface area (Å²) in [6.45, 7) is 1.21. The van der Waals surface area contributed by atoms with Gasteiger partial charge in [-0.3, -0.25) is 9.59 Å². The monoisotopic (exact) mass is 400 g/mol. The van der Waals surface area contributed by atoms with Crippen LogP contribution in [0.3, 0.4) is 0 Å². The van der Waals surface area contributed by atoms with Gasteiger partial charge in [0.1, 0.15) is 5.82 Å². The SMILES string of the molecule is C[C@H](CS(=O)(=O)c1ccc(F)c(C(=O)Cc2ccc(F)c(F)c2)c1)C(=O)O. The van der Waals surface area contributed by atoms with Gasteiger partial charge in [0.25, 0.3) is 0 Å². The Morgan fingerprint density at radius 1 is 1.00 bits per heavy atom. The summed E-state index contributed by atoms with van der Waals surface area (Å²) in [5.41, 5.74) is -0.449. The minimum absolute atomic E-state index is 0.0889. The standard InChI is InChI=1S/C18H15F3O5S/c1-10(18(23)24)9-27(25,26)12-3-5-14(19)13(8-12)17(22)7-11-2-4-15(20)16(21)6-11/h2-6,8,10H,7,9H2,1H3,(H,23,24)/t10-/m1/s1. The van der Waals surface area contributed by atoms with Crippen molar-refractivity contribution in [2.75, 3.05) is 5.75 Å². The molecule has 1 atom stereocenters. The van der Waals surface area contributed by atoms with E-state index < -0.39 is 67.6 Å². The van der Waals surface area contributed by atoms with Crippen LogP contribution >= 0.6 is 0 Å². The van der Waals surface area contributed by atoms with Crippen LogP contribution in [-0.2, 0) is 21.1 Å². The maximum Gasteiger partial charge on any atom is 0.307 e. The Bertz CT molecular complexity index is 1000. The van der Waals surface area contributed by atoms with Crippen LogP contribution in [0.25, 0.3) is 0 Å². The molecule has 0 aliphatic carbocycles. The normalized spacial score (nSPS) is 12.6. The number of aliphatic carboxylic acids is 1. The van der Waals surface area contributed by atoms with Crippen molar-refractivity contribution in [1.82, 2.24) is 0 Å². The minimum Gasteiger partial charge on any atom is -0.481 e. The average molecular weight is 400 g/mol. The van der Waals surface area contributed by atoms with Gasteiger partial charge in [0, 0.05) is 6.42 Å². The van der Waals surface area contributed by atoms with E-state index in [0.29, 0.717) is 0 Å². The van der Waals surface area contributed by atoms with Crippen molar-refractivity contribution < 1.29 is 36.3 Å². The molecule has 0 heterocycles. The molecule has 0 radical (unpaired) electrons. The first-order valence-corrected chi connectivity index (χ1v) is 9.38. The third kappa shape index (κ3) is 4.94. The predicted molar refractivity (Wildman–Crippen MR) is 89.6 cm³/mol. The minimum atomic E-state index is -4.07. The number of halogens is 3. The van der Waals surface area contributed by atoms with Crippen molar-refractivity contribution in [3.05, 3.63) is 65.0 Å². The van der Waals surface area contributed by atoms with Crippen LogP contribution < -0.4 is 0 Å². The van der Waals surface area contributed by atoms with Gasteiger partial charge in [0.15, 0.2) is 27.3 Å². The molecule has 0 aromatic heterocycles. The molecule has 2 rings (SSSR count). The second-order valence-corrected chi connectivity index (χ2v) is 8.05. The molecule has 27 heavy (non-hydrogen) atoms. The zero-order valence-electron chi connectivity index (χ0n) is 14.1. The number of carboxylic acids is 1. The van der Waals surface area contributed by atoms with Crippen LogP contribution in [0.15, 0.2) is 41.3 Å². The Hall–Kier alpha value is -2.68. The third-order valence-electron chi connectivity index (χ3n) is 3.84. The number of carbonyl (C=O) groups excluding carboxylic acids is 1. The van der Waals surface area contributed by atoms with E-state index in [1.807, 2.05) is 0 Å². The summed E-state index contributed by atoms with van der Waals surface area (Å²) in [6, 6.07) is 5.32. The molecule has 0 saturated carbocycles. The first-order valence-electron chi connectivity index (χ1n) is 7.73. The molecule has 0 amide bonds. The summed E-state index contributed by atoms with van der Waals surface area (Å²) < 4.78 is 64.7. The molecular formula is C18H15F3O5S. The van der Waals surface area contributed by atoms with Crippen LogP contribution in [0.4, 0.5) is 13.2 Å². The molecule has 0 unspecified atom stereocenters. The lowest BCUT2D eigenvalue weighted by molar-refractivity contribution is -0.140. The summed E-state index contributed by atoms with van der Waals surface area (Å²) in [5.74, 6) is -7.30. The average Bonchev–Trinajstić information content (AvgIpc) is 2.57. The number of rotatable bonds is 7. The highest BCUT2D eigenvalue weighted by atomic mass is 32.2. The Labute approximate surface area is 153 Å². The van der Waals surface area contributed by atoms with Gasteiger partial charge in [-0.1, -0.05) is 13.0 Å². The molecule has 5 nitrogen and oxygen atoms in total. The van der Waals surface area contributed by atoms with Crippen molar-refractivity contribution in [2.45, 2.75) is 18.2 Å². The number of carbonyl (C=O) groups is 2. The second kappa shape index (κ2) is 7.91. The van der Waals surface area contributed by atoms with Crippen LogP contribution in [-0.4, -0.2) is 31.0 Å². The zero-order chi connectivity index (χ0) is 20.4. The lowest BCUT2D eigenvalue weighted by Crippen LogP contribution is -2.21. The fraction of sp³-hybridized carbons (Fsp3) is 0.222. The highest BCUT2D eigenvalue weighted by Crippen LogP contribution is 2.20. The molecule has 2 aromatic rings. The summed E-state index contributed by atoms with van der Waals surface area (Å²) >= 11 is 0. The number of hydrogen-bond donors (Lipinski definition) is 1. The molecule has 0 spiro atoms. The Balaban J connectivity index is 2.32. The molecule has 0 fully saturated rings. The molecule has 0 bridgehead atoms. The van der Waals surface area contributed by atoms with Gasteiger partial charge in [-0.25, -0.2) is 21.6 Å². The van der Waals surface area contributed by atoms with E-state index in [1.54, 1.807) is 0 Å². The van der Waals surface area contributed by atoms with Crippen molar-refractivity contribution in [3.8, 4) is 0 Å². The van der Waals surface area contributed by atoms with Crippen molar-refractivity contribution >= 4 is 21.6 Å². The predicted octanol–water partition coefficient (Wildman–Crippen LogP) is 3.02. The largest absolute Gasteiger partial charge is 0.481 e. The summed E-state index contributed by atoms with van der Waals surface area (Å²) in [6.07, 6.45) is -0.469. The van der Waals surface area contributed by atoms with Gasteiger partial charge < -0.3 is 5.11 Å². The number of benzene rings is 2. The number of ketones is 1. The molecule has 0 aliphatic rings. The van der Waals surface area contributed by atoms with Crippen molar-refractivity contribution in [2.24, 2.45) is 5.92 Å². The first kappa shape index (κ1) is 20.6. The highest BCUT2D eigenvalue weighted by molar-refractivity contribution is 7.91. The Morgan fingerprint density at radius 2 is 1.63 bits per heavy atom. The van der Waals surface area contributed by atoms with E-state index in [-0.39, 0.29) is 5.56 Å². The van der Waals surface area contributed by atoms with Gasteiger partial charge in [0.2, 0.25) is 0 Å². The number of hydrogen-bond acceptors (Lipinski definition) is 4. The number of Topliss-reactive ketones (excluding diaryl/α,β-unsaturated/α-hetero) is 1. The van der Waals surface area contributed by atoms with E-state index in [0.717, 1.165) is 36.4 Å². The van der Waals surface area contributed by atoms with Crippen molar-refractivity contribution in [1.29, 1.82) is 0 Å². The van der Waals surface area contributed by atoms with E-state index in [2.05, 4.69) is 0 Å². The number of sulfone groups is 1. The third-order valence-corrected chi connectivity index (χ3v) is 5.75. The lowest BCUT2D eigenvalue weighted by Gasteiger charge is -2.10. The fourth-order valence-electron chi connectivity index (χ4n) is 2.34. The maximum absolute atomic E-state index is 14.0. The molecular weight excluding hydrogens is 385 g/mol. The van der Waals surface area contributed by atoms with Gasteiger partial charge in [-0.15, -0.1) is 0 Å². The highest BCUT2D eigenvalue weighted by Gasteiger charge is 2.25. The summed E-state index contributed by atoms with van der Waals surface area (Å²) in [5, 5.41) is 8.85. The zero-order valence-corrected chi connectivity index (χ0v) is 14.9. The van der Waals surface area contributed by atoms with E-state index in [1.165, 1.54) is 6.92 Å². The van der Waals surface area contributed by atoms with E-state index in [9.17, 15) is 31.2 Å². The van der Waals surface area contributed by atoms with Gasteiger partial charge in [-0.2, -0.15) is 0 Å². The van der Waals surface area contributed by atoms with E-state index in [4.69, 9.17) is 5.11 Å². The topological polar surface area (TPSA) is 88.5 Å². The molecule has 2 aromatic carbocycles. The maximum atomic E-state index is 14.0. The quantitative estimate of drug-likeness (QED) is 0.570. The van der Waals surface area contributed by atoms with Crippen LogP contribution in [0.2, 0.25) is 0 Å². The number of carboxylic acid groups (broad SMARTS) is 1. The van der Waals surface area contributed by atoms with Gasteiger partial charge in [-0.05, 0) is 35.9 Å². The smallest absolute Gasteiger partial charge is 0.307 e. The van der Waals surface area contributed by atoms with Crippen LogP contribution in [0.5, 0.6) is 0 Å². The fourth-order valence-corrected chi connectivity index (χ4v) is 3.90. The Morgan fingerprint density at radius 3 is 2.22 bits per heavy atom. The van der Waals surface area contributed by atoms with E-state index >= 15 is 0 Å². The second-order valence-electron chi connectivity index (χ2n) is 6.01.